The van der Waals surface area contributed by atoms with Crippen molar-refractivity contribution in [2.24, 2.45) is 0 Å². The van der Waals surface area contributed by atoms with Crippen LogP contribution in [0.5, 0.6) is 0 Å². The number of carbonyl (C=O) groups is 2. The van der Waals surface area contributed by atoms with E-state index in [0.29, 0.717) is 30.8 Å². The van der Waals surface area contributed by atoms with Crippen LogP contribution in [0, 0.1) is 12.7 Å². The Morgan fingerprint density at radius 2 is 2.12 bits per heavy atom. The van der Waals surface area contributed by atoms with E-state index in [9.17, 15) is 14.0 Å². The van der Waals surface area contributed by atoms with Crippen molar-refractivity contribution >= 4 is 11.8 Å². The molecule has 1 aromatic heterocycles. The van der Waals surface area contributed by atoms with Crippen molar-refractivity contribution in [2.75, 3.05) is 6.54 Å². The molecule has 25 heavy (non-hydrogen) atoms. The number of nitrogens with one attached hydrogen (secondary N) is 1. The largest absolute Gasteiger partial charge is 0.453 e. The number of furan rings is 1. The number of aliphatic hydroxyl groups excluding tert-OH is 1. The second-order valence-corrected chi connectivity index (χ2v) is 6.08. The van der Waals surface area contributed by atoms with Gasteiger partial charge in [-0.05, 0) is 37.1 Å². The normalized spacial score (nSPS) is 17.2. The lowest BCUT2D eigenvalue weighted by atomic mass is 10.2. The average molecular weight is 346 g/mol. The molecule has 0 saturated carbocycles. The van der Waals surface area contributed by atoms with Gasteiger partial charge in [-0.15, -0.1) is 0 Å². The number of halogens is 1. The van der Waals surface area contributed by atoms with Crippen LogP contribution >= 0.6 is 0 Å². The number of rotatable bonds is 5. The summed E-state index contributed by atoms with van der Waals surface area (Å²) in [7, 11) is 0. The van der Waals surface area contributed by atoms with Gasteiger partial charge in [0.1, 0.15) is 24.2 Å². The summed E-state index contributed by atoms with van der Waals surface area (Å²) in [6.07, 6.45) is 0.498. The first kappa shape index (κ1) is 17.2. The minimum atomic E-state index is -0.616. The summed E-state index contributed by atoms with van der Waals surface area (Å²) in [6, 6.07) is 6.96. The van der Waals surface area contributed by atoms with Crippen molar-refractivity contribution < 1.29 is 23.5 Å². The smallest absolute Gasteiger partial charge is 0.287 e. The average Bonchev–Trinajstić information content (AvgIpc) is 3.14. The first-order chi connectivity index (χ1) is 12.0. The van der Waals surface area contributed by atoms with E-state index in [1.165, 1.54) is 12.1 Å². The summed E-state index contributed by atoms with van der Waals surface area (Å²) >= 11 is 0. The highest BCUT2D eigenvalue weighted by Gasteiger charge is 2.33. The number of hydrogen-bond acceptors (Lipinski definition) is 4. The molecule has 0 aliphatic carbocycles. The third-order valence-corrected chi connectivity index (χ3v) is 4.22. The molecule has 0 bridgehead atoms. The van der Waals surface area contributed by atoms with Gasteiger partial charge in [-0.2, -0.15) is 0 Å². The molecule has 0 radical (unpaired) electrons. The molecule has 2 amide bonds. The molecule has 1 aliphatic heterocycles. The molecular weight excluding hydrogens is 327 g/mol. The topological polar surface area (TPSA) is 82.8 Å². The number of aryl methyl sites for hydroxylation is 1. The fourth-order valence-corrected chi connectivity index (χ4v) is 2.92. The predicted molar refractivity (Wildman–Crippen MR) is 87.1 cm³/mol. The van der Waals surface area contributed by atoms with Gasteiger partial charge in [-0.3, -0.25) is 9.59 Å². The van der Waals surface area contributed by atoms with Gasteiger partial charge in [-0.25, -0.2) is 4.39 Å². The molecule has 1 atom stereocenters. The number of hydrogen-bond donors (Lipinski definition) is 2. The van der Waals surface area contributed by atoms with Crippen LogP contribution in [0.4, 0.5) is 4.39 Å². The van der Waals surface area contributed by atoms with Crippen LogP contribution in [0.1, 0.15) is 33.9 Å². The number of amides is 2. The fourth-order valence-electron chi connectivity index (χ4n) is 2.92. The third kappa shape index (κ3) is 3.71. The van der Waals surface area contributed by atoms with Gasteiger partial charge >= 0.3 is 0 Å². The van der Waals surface area contributed by atoms with Crippen molar-refractivity contribution in [1.82, 2.24) is 10.2 Å². The van der Waals surface area contributed by atoms with E-state index in [4.69, 9.17) is 9.52 Å². The number of aliphatic hydroxyl groups is 1. The number of likely N-dealkylation sites (tertiary alicyclic amines) is 1. The lowest BCUT2D eigenvalue weighted by Crippen LogP contribution is -2.41. The van der Waals surface area contributed by atoms with Gasteiger partial charge in [0.05, 0.1) is 0 Å². The maximum atomic E-state index is 13.0. The van der Waals surface area contributed by atoms with Crippen molar-refractivity contribution in [2.45, 2.75) is 32.5 Å². The van der Waals surface area contributed by atoms with E-state index in [-0.39, 0.29) is 24.1 Å². The fraction of sp³-hybridized carbons (Fsp3) is 0.333. The van der Waals surface area contributed by atoms with Gasteiger partial charge in [0.2, 0.25) is 5.91 Å². The lowest BCUT2D eigenvalue weighted by molar-refractivity contribution is -0.129. The lowest BCUT2D eigenvalue weighted by Gasteiger charge is -2.17. The van der Waals surface area contributed by atoms with Crippen molar-refractivity contribution in [3.63, 3.8) is 0 Å². The minimum absolute atomic E-state index is 0.105. The van der Waals surface area contributed by atoms with E-state index >= 15 is 0 Å². The van der Waals surface area contributed by atoms with Crippen LogP contribution in [-0.4, -0.2) is 34.4 Å². The second-order valence-electron chi connectivity index (χ2n) is 6.08. The Balaban J connectivity index is 1.62. The molecule has 3 rings (SSSR count). The molecule has 0 spiro atoms. The first-order valence-electron chi connectivity index (χ1n) is 8.02. The molecule has 1 aliphatic rings. The SMILES string of the molecule is Cc1cc(CO)oc1C(=O)NC1CCN(Cc2ccc(F)cc2)C1=O. The number of carbonyl (C=O) groups excluding carboxylic acids is 2. The van der Waals surface area contributed by atoms with Crippen LogP contribution in [0.25, 0.3) is 0 Å². The van der Waals surface area contributed by atoms with Crippen LogP contribution in [0.2, 0.25) is 0 Å². The zero-order valence-electron chi connectivity index (χ0n) is 13.8. The highest BCUT2D eigenvalue weighted by molar-refractivity contribution is 5.97. The predicted octanol–water partition coefficient (Wildman–Crippen LogP) is 1.75. The minimum Gasteiger partial charge on any atom is -0.453 e. The Morgan fingerprint density at radius 1 is 1.40 bits per heavy atom. The summed E-state index contributed by atoms with van der Waals surface area (Å²) in [6.45, 7) is 2.30. The van der Waals surface area contributed by atoms with Crippen molar-refractivity contribution in [1.29, 1.82) is 0 Å². The summed E-state index contributed by atoms with van der Waals surface area (Å²) in [5.74, 6) is -0.562. The quantitative estimate of drug-likeness (QED) is 0.864. The molecule has 132 valence electrons. The molecular formula is C18H19FN2O4. The van der Waals surface area contributed by atoms with Crippen molar-refractivity contribution in [3.8, 4) is 0 Å². The van der Waals surface area contributed by atoms with Crippen LogP contribution in [0.15, 0.2) is 34.7 Å². The van der Waals surface area contributed by atoms with Gasteiger partial charge in [-0.1, -0.05) is 12.1 Å². The van der Waals surface area contributed by atoms with Gasteiger partial charge < -0.3 is 19.7 Å². The number of benzene rings is 1. The molecule has 2 heterocycles. The third-order valence-electron chi connectivity index (χ3n) is 4.22. The zero-order chi connectivity index (χ0) is 18.0. The van der Waals surface area contributed by atoms with Crippen LogP contribution in [0.3, 0.4) is 0 Å². The van der Waals surface area contributed by atoms with Gasteiger partial charge in [0, 0.05) is 18.7 Å². The Morgan fingerprint density at radius 3 is 2.76 bits per heavy atom. The Bertz CT molecular complexity index is 785. The van der Waals surface area contributed by atoms with E-state index in [1.807, 2.05) is 0 Å². The molecule has 1 saturated heterocycles. The van der Waals surface area contributed by atoms with Gasteiger partial charge in [0.15, 0.2) is 5.76 Å². The molecule has 1 aromatic carbocycles. The Hall–Kier alpha value is -2.67. The maximum Gasteiger partial charge on any atom is 0.287 e. The Labute approximate surface area is 144 Å². The zero-order valence-corrected chi connectivity index (χ0v) is 13.8. The summed E-state index contributed by atoms with van der Waals surface area (Å²) < 4.78 is 18.2. The molecule has 6 nitrogen and oxygen atoms in total. The maximum absolute atomic E-state index is 13.0. The first-order valence-corrected chi connectivity index (χ1v) is 8.02. The van der Waals surface area contributed by atoms with E-state index in [0.717, 1.165) is 5.56 Å². The highest BCUT2D eigenvalue weighted by atomic mass is 19.1. The molecule has 1 fully saturated rings. The van der Waals surface area contributed by atoms with E-state index < -0.39 is 11.9 Å². The van der Waals surface area contributed by atoms with Crippen LogP contribution < -0.4 is 5.32 Å². The monoisotopic (exact) mass is 346 g/mol. The molecule has 1 unspecified atom stereocenters. The van der Waals surface area contributed by atoms with Gasteiger partial charge in [0.25, 0.3) is 5.91 Å². The van der Waals surface area contributed by atoms with Crippen LogP contribution in [-0.2, 0) is 17.9 Å². The molecule has 7 heteroatoms. The summed E-state index contributed by atoms with van der Waals surface area (Å²) in [5, 5.41) is 11.7. The number of nitrogens with zero attached hydrogens (tertiary/aromatic N) is 1. The molecule has 2 N–H and O–H groups in total. The van der Waals surface area contributed by atoms with E-state index in [2.05, 4.69) is 5.32 Å². The molecule has 2 aromatic rings. The van der Waals surface area contributed by atoms with Crippen molar-refractivity contribution in [3.05, 3.63) is 58.8 Å². The summed E-state index contributed by atoms with van der Waals surface area (Å²) in [5.41, 5.74) is 1.44. The van der Waals surface area contributed by atoms with E-state index in [1.54, 1.807) is 30.0 Å². The standard InChI is InChI=1S/C18H19FN2O4/c1-11-8-14(10-22)25-16(11)17(23)20-15-6-7-21(18(15)24)9-12-2-4-13(19)5-3-12/h2-5,8,15,22H,6-7,9-10H2,1H3,(H,20,23). The Kier molecular flexibility index (Phi) is 4.85. The summed E-state index contributed by atoms with van der Waals surface area (Å²) in [4.78, 5) is 26.4. The highest BCUT2D eigenvalue weighted by Crippen LogP contribution is 2.18. The second kappa shape index (κ2) is 7.06.